The molecule has 104 valence electrons. The molecule has 0 bridgehead atoms. The molecule has 0 aromatic carbocycles. The summed E-state index contributed by atoms with van der Waals surface area (Å²) in [6.45, 7) is 8.15. The van der Waals surface area contributed by atoms with Crippen LogP contribution in [-0.4, -0.2) is 25.6 Å². The Morgan fingerprint density at radius 3 is 2.79 bits per heavy atom. The smallest absolute Gasteiger partial charge is 0.0638 e. The molecule has 0 spiro atoms. The van der Waals surface area contributed by atoms with Gasteiger partial charge in [-0.25, -0.2) is 0 Å². The topological polar surface area (TPSA) is 47.7 Å². The van der Waals surface area contributed by atoms with Crippen LogP contribution in [0.5, 0.6) is 0 Å². The quantitative estimate of drug-likeness (QED) is 0.860. The minimum absolute atomic E-state index is 0.497. The SMILES string of the molecule is Cc1nn(CCc2ccnn2C)cc1CNC(C)C. The van der Waals surface area contributed by atoms with Crippen molar-refractivity contribution in [3.8, 4) is 0 Å². The highest BCUT2D eigenvalue weighted by Crippen LogP contribution is 2.07. The Balaban J connectivity index is 1.94. The molecule has 19 heavy (non-hydrogen) atoms. The van der Waals surface area contributed by atoms with Crippen molar-refractivity contribution in [1.29, 1.82) is 0 Å². The number of aromatic nitrogens is 4. The second-order valence-electron chi connectivity index (χ2n) is 5.23. The molecule has 0 aliphatic heterocycles. The van der Waals surface area contributed by atoms with E-state index in [0.717, 1.165) is 25.2 Å². The highest BCUT2D eigenvalue weighted by molar-refractivity contribution is 5.15. The maximum absolute atomic E-state index is 4.56. The van der Waals surface area contributed by atoms with E-state index in [2.05, 4.69) is 48.5 Å². The normalized spacial score (nSPS) is 11.4. The van der Waals surface area contributed by atoms with Crippen molar-refractivity contribution >= 4 is 0 Å². The van der Waals surface area contributed by atoms with E-state index in [1.807, 2.05) is 22.6 Å². The van der Waals surface area contributed by atoms with Crippen molar-refractivity contribution < 1.29 is 0 Å². The Morgan fingerprint density at radius 2 is 2.16 bits per heavy atom. The van der Waals surface area contributed by atoms with E-state index in [1.54, 1.807) is 0 Å². The Labute approximate surface area is 114 Å². The van der Waals surface area contributed by atoms with Crippen LogP contribution < -0.4 is 5.32 Å². The maximum atomic E-state index is 4.56. The van der Waals surface area contributed by atoms with Gasteiger partial charge in [-0.3, -0.25) is 9.36 Å². The third kappa shape index (κ3) is 3.67. The van der Waals surface area contributed by atoms with Gasteiger partial charge in [0.05, 0.1) is 5.69 Å². The Hall–Kier alpha value is -1.62. The lowest BCUT2D eigenvalue weighted by molar-refractivity contribution is 0.578. The number of aryl methyl sites for hydroxylation is 4. The fourth-order valence-electron chi connectivity index (χ4n) is 2.04. The molecule has 0 fully saturated rings. The molecule has 0 saturated carbocycles. The van der Waals surface area contributed by atoms with Crippen LogP contribution >= 0.6 is 0 Å². The molecule has 5 nitrogen and oxygen atoms in total. The lowest BCUT2D eigenvalue weighted by Crippen LogP contribution is -2.21. The number of nitrogens with one attached hydrogen (secondary N) is 1. The van der Waals surface area contributed by atoms with E-state index >= 15 is 0 Å². The van der Waals surface area contributed by atoms with E-state index in [1.165, 1.54) is 11.3 Å². The van der Waals surface area contributed by atoms with Crippen LogP contribution in [-0.2, 0) is 26.6 Å². The molecule has 1 N–H and O–H groups in total. The number of hydrogen-bond donors (Lipinski definition) is 1. The predicted octanol–water partition coefficient (Wildman–Crippen LogP) is 1.67. The fourth-order valence-corrected chi connectivity index (χ4v) is 2.04. The first-order valence-corrected chi connectivity index (χ1v) is 6.79. The monoisotopic (exact) mass is 261 g/mol. The van der Waals surface area contributed by atoms with Gasteiger partial charge in [0, 0.05) is 56.3 Å². The minimum atomic E-state index is 0.497. The number of nitrogens with zero attached hydrogens (tertiary/aromatic N) is 4. The zero-order valence-corrected chi connectivity index (χ0v) is 12.2. The van der Waals surface area contributed by atoms with Crippen molar-refractivity contribution in [2.45, 2.75) is 46.3 Å². The van der Waals surface area contributed by atoms with Gasteiger partial charge in [-0.1, -0.05) is 13.8 Å². The molecule has 5 heteroatoms. The number of rotatable bonds is 6. The molecule has 2 aromatic rings. The van der Waals surface area contributed by atoms with E-state index in [0.29, 0.717) is 6.04 Å². The molecule has 2 heterocycles. The summed E-state index contributed by atoms with van der Waals surface area (Å²) in [7, 11) is 1.97. The summed E-state index contributed by atoms with van der Waals surface area (Å²) in [6.07, 6.45) is 4.93. The maximum Gasteiger partial charge on any atom is 0.0638 e. The van der Waals surface area contributed by atoms with Crippen LogP contribution in [0.3, 0.4) is 0 Å². The number of hydrogen-bond acceptors (Lipinski definition) is 3. The molecular formula is C14H23N5. The predicted molar refractivity (Wildman–Crippen MR) is 75.9 cm³/mol. The van der Waals surface area contributed by atoms with Crippen LogP contribution in [0, 0.1) is 6.92 Å². The van der Waals surface area contributed by atoms with Gasteiger partial charge < -0.3 is 5.32 Å². The third-order valence-corrected chi connectivity index (χ3v) is 3.27. The summed E-state index contributed by atoms with van der Waals surface area (Å²) in [5, 5.41) is 12.2. The van der Waals surface area contributed by atoms with Crippen LogP contribution in [0.1, 0.15) is 30.8 Å². The van der Waals surface area contributed by atoms with Crippen LogP contribution in [0.4, 0.5) is 0 Å². The second kappa shape index (κ2) is 6.02. The summed E-state index contributed by atoms with van der Waals surface area (Å²) < 4.78 is 3.94. The van der Waals surface area contributed by atoms with Gasteiger partial charge in [0.1, 0.15) is 0 Å². The lowest BCUT2D eigenvalue weighted by atomic mass is 10.2. The largest absolute Gasteiger partial charge is 0.310 e. The molecule has 0 aliphatic rings. The average Bonchev–Trinajstić information content (AvgIpc) is 2.90. The van der Waals surface area contributed by atoms with Crippen molar-refractivity contribution in [2.75, 3.05) is 0 Å². The highest BCUT2D eigenvalue weighted by Gasteiger charge is 2.06. The van der Waals surface area contributed by atoms with Crippen LogP contribution in [0.15, 0.2) is 18.5 Å². The molecule has 2 aromatic heterocycles. The van der Waals surface area contributed by atoms with Crippen LogP contribution in [0.25, 0.3) is 0 Å². The molecule has 2 rings (SSSR count). The summed E-state index contributed by atoms with van der Waals surface area (Å²) >= 11 is 0. The highest BCUT2D eigenvalue weighted by atomic mass is 15.3. The summed E-state index contributed by atoms with van der Waals surface area (Å²) in [4.78, 5) is 0. The van der Waals surface area contributed by atoms with Gasteiger partial charge in [0.2, 0.25) is 0 Å². The standard InChI is InChI=1S/C14H23N5/c1-11(2)15-9-13-10-19(17-12(13)3)8-6-14-5-7-16-18(14)4/h5,7,10-11,15H,6,8-9H2,1-4H3. The molecular weight excluding hydrogens is 238 g/mol. The summed E-state index contributed by atoms with van der Waals surface area (Å²) in [5.74, 6) is 0. The Morgan fingerprint density at radius 1 is 1.37 bits per heavy atom. The van der Waals surface area contributed by atoms with Gasteiger partial charge >= 0.3 is 0 Å². The fraction of sp³-hybridized carbons (Fsp3) is 0.571. The molecule has 0 atom stereocenters. The zero-order chi connectivity index (χ0) is 13.8. The van der Waals surface area contributed by atoms with Crippen molar-refractivity contribution in [3.63, 3.8) is 0 Å². The third-order valence-electron chi connectivity index (χ3n) is 3.27. The van der Waals surface area contributed by atoms with Gasteiger partial charge in [0.25, 0.3) is 0 Å². The molecule has 0 unspecified atom stereocenters. The Kier molecular flexibility index (Phi) is 4.37. The minimum Gasteiger partial charge on any atom is -0.310 e. The van der Waals surface area contributed by atoms with E-state index < -0.39 is 0 Å². The molecule has 0 saturated heterocycles. The zero-order valence-electron chi connectivity index (χ0n) is 12.2. The first-order chi connectivity index (χ1) is 9.06. The average molecular weight is 261 g/mol. The summed E-state index contributed by atoms with van der Waals surface area (Å²) in [5.41, 5.74) is 3.62. The molecule has 0 radical (unpaired) electrons. The Bertz CT molecular complexity index is 524. The van der Waals surface area contributed by atoms with Gasteiger partial charge in [-0.15, -0.1) is 0 Å². The second-order valence-corrected chi connectivity index (χ2v) is 5.23. The van der Waals surface area contributed by atoms with Crippen molar-refractivity contribution in [3.05, 3.63) is 35.4 Å². The van der Waals surface area contributed by atoms with Crippen molar-refractivity contribution in [2.24, 2.45) is 7.05 Å². The first-order valence-electron chi connectivity index (χ1n) is 6.79. The van der Waals surface area contributed by atoms with Crippen LogP contribution in [0.2, 0.25) is 0 Å². The van der Waals surface area contributed by atoms with E-state index in [9.17, 15) is 0 Å². The molecule has 0 amide bonds. The summed E-state index contributed by atoms with van der Waals surface area (Å²) in [6, 6.07) is 2.55. The van der Waals surface area contributed by atoms with Crippen molar-refractivity contribution in [1.82, 2.24) is 24.9 Å². The van der Waals surface area contributed by atoms with Gasteiger partial charge in [0.15, 0.2) is 0 Å². The molecule has 0 aliphatic carbocycles. The lowest BCUT2D eigenvalue weighted by Gasteiger charge is -2.06. The van der Waals surface area contributed by atoms with Gasteiger partial charge in [-0.05, 0) is 13.0 Å². The first kappa shape index (κ1) is 13.8. The van der Waals surface area contributed by atoms with E-state index in [-0.39, 0.29) is 0 Å². The van der Waals surface area contributed by atoms with E-state index in [4.69, 9.17) is 0 Å². The van der Waals surface area contributed by atoms with Gasteiger partial charge in [-0.2, -0.15) is 10.2 Å².